The number of rotatable bonds is 5. The van der Waals surface area contributed by atoms with Crippen molar-refractivity contribution in [1.82, 2.24) is 24.6 Å². The number of nitrogens with one attached hydrogen (secondary N) is 2. The lowest BCUT2D eigenvalue weighted by Gasteiger charge is -2.30. The number of fused-ring (bicyclic) bond motifs is 1. The molecule has 1 aliphatic carbocycles. The van der Waals surface area contributed by atoms with Gasteiger partial charge in [0.25, 0.3) is 0 Å². The van der Waals surface area contributed by atoms with Crippen molar-refractivity contribution >= 4 is 34.5 Å². The highest BCUT2D eigenvalue weighted by Crippen LogP contribution is 2.58. The summed E-state index contributed by atoms with van der Waals surface area (Å²) in [5, 5.41) is 8.70. The minimum absolute atomic E-state index is 0.0966. The molecule has 0 bridgehead atoms. The standard InChI is InChI=1S/C26H26F4N8O2/c1-37-8-4-15(5-9-37)38-12-16(21-22(31)32-13-33-23(21)38)14-2-3-18(17(27)10-14)34-24(39)35-20-11-19(36-40-20)25(6-7-25)26(28,29)30/h2-3,10-13,15H,4-9H2,1H3,(H2,31,32,33)(H2,34,35,39). The van der Waals surface area contributed by atoms with Crippen molar-refractivity contribution in [3.63, 3.8) is 0 Å². The van der Waals surface area contributed by atoms with Crippen LogP contribution in [0.4, 0.5) is 39.7 Å². The molecule has 1 saturated carbocycles. The number of nitrogens with zero attached hydrogens (tertiary/aromatic N) is 5. The number of urea groups is 1. The molecule has 4 aromatic rings. The van der Waals surface area contributed by atoms with Crippen LogP contribution in [-0.2, 0) is 5.41 Å². The van der Waals surface area contributed by atoms with E-state index in [1.807, 2.05) is 6.20 Å². The van der Waals surface area contributed by atoms with Gasteiger partial charge >= 0.3 is 12.2 Å². The maximum Gasteiger partial charge on any atom is 0.400 e. The van der Waals surface area contributed by atoms with Gasteiger partial charge in [-0.25, -0.2) is 19.2 Å². The Kier molecular flexibility index (Phi) is 6.16. The molecule has 10 nitrogen and oxygen atoms in total. The Morgan fingerprint density at radius 2 is 1.90 bits per heavy atom. The molecule has 6 rings (SSSR count). The van der Waals surface area contributed by atoms with E-state index in [1.165, 1.54) is 18.5 Å². The maximum atomic E-state index is 15.2. The van der Waals surface area contributed by atoms with E-state index in [1.54, 1.807) is 6.07 Å². The zero-order chi connectivity index (χ0) is 28.2. The number of carbonyl (C=O) groups excluding carboxylic acids is 1. The minimum atomic E-state index is -4.47. The van der Waals surface area contributed by atoms with Crippen LogP contribution in [-0.4, -0.2) is 56.9 Å². The Bertz CT molecular complexity index is 1590. The second-order valence-corrected chi connectivity index (χ2v) is 10.4. The van der Waals surface area contributed by atoms with Crippen LogP contribution >= 0.6 is 0 Å². The minimum Gasteiger partial charge on any atom is -0.383 e. The smallest absolute Gasteiger partial charge is 0.383 e. The molecule has 1 aromatic carbocycles. The van der Waals surface area contributed by atoms with E-state index in [4.69, 9.17) is 10.3 Å². The van der Waals surface area contributed by atoms with E-state index in [0.717, 1.165) is 32.0 Å². The molecule has 2 fully saturated rings. The molecule has 0 unspecified atom stereocenters. The molecule has 0 radical (unpaired) electrons. The molecular weight excluding hydrogens is 532 g/mol. The van der Waals surface area contributed by atoms with Crippen LogP contribution in [0.1, 0.15) is 37.4 Å². The second-order valence-electron chi connectivity index (χ2n) is 10.4. The van der Waals surface area contributed by atoms with Gasteiger partial charge in [-0.1, -0.05) is 11.2 Å². The highest BCUT2D eigenvalue weighted by atomic mass is 19.4. The number of amides is 2. The van der Waals surface area contributed by atoms with Gasteiger partial charge in [-0.3, -0.25) is 5.32 Å². The average molecular weight is 559 g/mol. The number of nitrogen functional groups attached to an aromatic ring is 1. The van der Waals surface area contributed by atoms with Gasteiger partial charge in [0.05, 0.1) is 11.1 Å². The summed E-state index contributed by atoms with van der Waals surface area (Å²) < 4.78 is 62.1. The van der Waals surface area contributed by atoms with Gasteiger partial charge in [0.2, 0.25) is 5.88 Å². The molecule has 40 heavy (non-hydrogen) atoms. The predicted molar refractivity (Wildman–Crippen MR) is 139 cm³/mol. The number of alkyl halides is 3. The Labute approximate surface area is 225 Å². The van der Waals surface area contributed by atoms with Gasteiger partial charge < -0.3 is 25.0 Å². The number of hydrogen-bond acceptors (Lipinski definition) is 7. The molecule has 4 N–H and O–H groups in total. The van der Waals surface area contributed by atoms with Crippen LogP contribution in [0.3, 0.4) is 0 Å². The van der Waals surface area contributed by atoms with E-state index < -0.39 is 23.4 Å². The fraction of sp³-hybridized carbons (Fsp3) is 0.385. The van der Waals surface area contributed by atoms with Crippen LogP contribution in [0.25, 0.3) is 22.2 Å². The largest absolute Gasteiger partial charge is 0.400 e. The number of nitrogens with two attached hydrogens (primary N) is 1. The molecule has 2 amide bonds. The molecule has 1 aliphatic heterocycles. The molecular formula is C26H26F4N8O2. The van der Waals surface area contributed by atoms with Crippen LogP contribution in [0.5, 0.6) is 0 Å². The number of benzene rings is 1. The summed E-state index contributed by atoms with van der Waals surface area (Å²) in [6.07, 6.45) is 0.519. The molecule has 0 atom stereocenters. The summed E-state index contributed by atoms with van der Waals surface area (Å²) >= 11 is 0. The number of aromatic nitrogens is 4. The third-order valence-corrected chi connectivity index (χ3v) is 7.78. The van der Waals surface area contributed by atoms with Gasteiger partial charge in [0, 0.05) is 23.9 Å². The lowest BCUT2D eigenvalue weighted by molar-refractivity contribution is -0.161. The first kappa shape index (κ1) is 26.0. The number of carbonyl (C=O) groups is 1. The van der Waals surface area contributed by atoms with E-state index in [9.17, 15) is 18.0 Å². The van der Waals surface area contributed by atoms with Crippen molar-refractivity contribution in [3.8, 4) is 11.1 Å². The monoisotopic (exact) mass is 558 g/mol. The van der Waals surface area contributed by atoms with Gasteiger partial charge in [0.1, 0.15) is 34.7 Å². The lowest BCUT2D eigenvalue weighted by atomic mass is 10.0. The van der Waals surface area contributed by atoms with Gasteiger partial charge in [-0.2, -0.15) is 13.2 Å². The first-order valence-corrected chi connectivity index (χ1v) is 12.8. The van der Waals surface area contributed by atoms with Crippen LogP contribution in [0, 0.1) is 5.82 Å². The zero-order valence-corrected chi connectivity index (χ0v) is 21.4. The number of anilines is 3. The van der Waals surface area contributed by atoms with E-state index in [-0.39, 0.29) is 42.0 Å². The summed E-state index contributed by atoms with van der Waals surface area (Å²) in [6, 6.07) is 4.62. The zero-order valence-electron chi connectivity index (χ0n) is 21.4. The fourth-order valence-electron chi connectivity index (χ4n) is 5.30. The first-order chi connectivity index (χ1) is 19.1. The highest BCUT2D eigenvalue weighted by molar-refractivity contribution is 6.02. The van der Waals surface area contributed by atoms with Crippen molar-refractivity contribution in [2.75, 3.05) is 36.5 Å². The lowest BCUT2D eigenvalue weighted by Crippen LogP contribution is -2.31. The summed E-state index contributed by atoms with van der Waals surface area (Å²) in [5.41, 5.74) is 5.58. The van der Waals surface area contributed by atoms with Gasteiger partial charge in [-0.05, 0) is 63.5 Å². The van der Waals surface area contributed by atoms with Crippen molar-refractivity contribution in [3.05, 3.63) is 48.3 Å². The Balaban J connectivity index is 1.21. The Morgan fingerprint density at radius 1 is 1.15 bits per heavy atom. The summed E-state index contributed by atoms with van der Waals surface area (Å²) in [4.78, 5) is 23.3. The summed E-state index contributed by atoms with van der Waals surface area (Å²) in [6.45, 7) is 1.88. The van der Waals surface area contributed by atoms with Crippen LogP contribution < -0.4 is 16.4 Å². The molecule has 1 saturated heterocycles. The Morgan fingerprint density at radius 3 is 2.58 bits per heavy atom. The molecule has 14 heteroatoms. The van der Waals surface area contributed by atoms with Crippen molar-refractivity contribution in [2.24, 2.45) is 0 Å². The second kappa shape index (κ2) is 9.47. The number of likely N-dealkylation sites (tertiary alicyclic amines) is 1. The number of piperidine rings is 1. The van der Waals surface area contributed by atoms with Crippen LogP contribution in [0.15, 0.2) is 41.3 Å². The molecule has 210 valence electrons. The molecule has 2 aliphatic rings. The summed E-state index contributed by atoms with van der Waals surface area (Å²) in [5.74, 6) is -0.730. The predicted octanol–water partition coefficient (Wildman–Crippen LogP) is 5.31. The molecule has 4 heterocycles. The number of halogens is 4. The van der Waals surface area contributed by atoms with Crippen LogP contribution in [0.2, 0.25) is 0 Å². The normalized spacial score (nSPS) is 17.7. The van der Waals surface area contributed by atoms with Crippen molar-refractivity contribution in [1.29, 1.82) is 0 Å². The van der Waals surface area contributed by atoms with Crippen molar-refractivity contribution in [2.45, 2.75) is 43.3 Å². The Hall–Kier alpha value is -4.20. The summed E-state index contributed by atoms with van der Waals surface area (Å²) in [7, 11) is 2.08. The third kappa shape index (κ3) is 4.51. The van der Waals surface area contributed by atoms with Crippen molar-refractivity contribution < 1.29 is 26.9 Å². The van der Waals surface area contributed by atoms with Gasteiger partial charge in [-0.15, -0.1) is 0 Å². The first-order valence-electron chi connectivity index (χ1n) is 12.8. The third-order valence-electron chi connectivity index (χ3n) is 7.78. The molecule has 3 aromatic heterocycles. The number of hydrogen-bond donors (Lipinski definition) is 3. The van der Waals surface area contributed by atoms with E-state index in [0.29, 0.717) is 22.2 Å². The topological polar surface area (TPSA) is 127 Å². The fourth-order valence-corrected chi connectivity index (χ4v) is 5.30. The van der Waals surface area contributed by atoms with Gasteiger partial charge in [0.15, 0.2) is 0 Å². The SMILES string of the molecule is CN1CCC(n2cc(-c3ccc(NC(=O)Nc4cc(C5(C(F)(F)F)CC5)no4)c(F)c3)c3c(N)ncnc32)CC1. The average Bonchev–Trinajstić information content (AvgIpc) is 3.46. The van der Waals surface area contributed by atoms with E-state index in [2.05, 4.69) is 42.3 Å². The maximum absolute atomic E-state index is 15.2. The quantitative estimate of drug-likeness (QED) is 0.283. The van der Waals surface area contributed by atoms with E-state index >= 15 is 4.39 Å². The molecule has 0 spiro atoms. The highest BCUT2D eigenvalue weighted by Gasteiger charge is 2.66.